The smallest absolute Gasteiger partial charge is 0.165 e. The largest absolute Gasteiger partial charge is 0.292 e. The van der Waals surface area contributed by atoms with Crippen molar-refractivity contribution in [2.24, 2.45) is 0 Å². The standard InChI is InChI=1S/C39H25N5/c1-3-11-27(12-4-1)36-32-25-29(22-23-31(32)37-39(42-36)43-24-10-9-17-35(43)41-37)26-18-20-28(21-19-26)38-40-33-15-7-8-16-34(33)44(38)30-13-5-2-6-14-30/h1-25H. The summed E-state index contributed by atoms with van der Waals surface area (Å²) in [7, 11) is 0. The molecular formula is C39H25N5. The van der Waals surface area contributed by atoms with Crippen molar-refractivity contribution in [2.75, 3.05) is 0 Å². The minimum atomic E-state index is 0.866. The number of aromatic nitrogens is 5. The first-order chi connectivity index (χ1) is 21.8. The fraction of sp³-hybridized carbons (Fsp3) is 0. The zero-order valence-corrected chi connectivity index (χ0v) is 23.7. The minimum Gasteiger partial charge on any atom is -0.292 e. The molecule has 0 atom stereocenters. The monoisotopic (exact) mass is 563 g/mol. The van der Waals surface area contributed by atoms with Crippen LogP contribution in [-0.2, 0) is 0 Å². The van der Waals surface area contributed by atoms with Crippen LogP contribution in [0.25, 0.3) is 78.1 Å². The predicted molar refractivity (Wildman–Crippen MR) is 179 cm³/mol. The van der Waals surface area contributed by atoms with E-state index in [0.717, 1.165) is 78.1 Å². The zero-order valence-electron chi connectivity index (χ0n) is 23.7. The highest BCUT2D eigenvalue weighted by Gasteiger charge is 2.17. The summed E-state index contributed by atoms with van der Waals surface area (Å²) >= 11 is 0. The average Bonchev–Trinajstić information content (AvgIpc) is 3.68. The molecule has 0 aliphatic carbocycles. The summed E-state index contributed by atoms with van der Waals surface area (Å²) in [6, 6.07) is 50.5. The Bertz CT molecular complexity index is 2470. The van der Waals surface area contributed by atoms with Gasteiger partial charge in [0.15, 0.2) is 5.65 Å². The SMILES string of the molecule is c1ccc(-c2nc3c(nc4ccccn43)c3ccc(-c4ccc(-c5nc6ccccc6n5-c5ccccc5)cc4)cc23)cc1. The molecule has 5 nitrogen and oxygen atoms in total. The molecular weight excluding hydrogens is 538 g/mol. The first kappa shape index (κ1) is 24.5. The van der Waals surface area contributed by atoms with Crippen LogP contribution < -0.4 is 0 Å². The lowest BCUT2D eigenvalue weighted by Crippen LogP contribution is -1.97. The Kier molecular flexibility index (Phi) is 5.43. The van der Waals surface area contributed by atoms with Gasteiger partial charge >= 0.3 is 0 Å². The lowest BCUT2D eigenvalue weighted by molar-refractivity contribution is 1.10. The van der Waals surface area contributed by atoms with Crippen molar-refractivity contribution in [3.8, 4) is 39.5 Å². The van der Waals surface area contributed by atoms with Crippen molar-refractivity contribution in [2.45, 2.75) is 0 Å². The molecule has 9 aromatic rings. The second-order valence-electron chi connectivity index (χ2n) is 11.0. The summed E-state index contributed by atoms with van der Waals surface area (Å²) in [5, 5.41) is 2.18. The molecule has 0 fully saturated rings. The molecule has 0 spiro atoms. The van der Waals surface area contributed by atoms with Gasteiger partial charge in [0, 0.05) is 33.8 Å². The number of fused-ring (bicyclic) bond motifs is 6. The molecule has 206 valence electrons. The number of nitrogens with zero attached hydrogens (tertiary/aromatic N) is 5. The molecule has 0 amide bonds. The van der Waals surface area contributed by atoms with E-state index < -0.39 is 0 Å². The first-order valence-corrected chi connectivity index (χ1v) is 14.7. The van der Waals surface area contributed by atoms with E-state index in [-0.39, 0.29) is 0 Å². The van der Waals surface area contributed by atoms with Crippen LogP contribution in [0.1, 0.15) is 0 Å². The number of benzene rings is 5. The van der Waals surface area contributed by atoms with Crippen LogP contribution in [0.15, 0.2) is 152 Å². The zero-order chi connectivity index (χ0) is 29.0. The molecule has 0 bridgehead atoms. The highest BCUT2D eigenvalue weighted by molar-refractivity contribution is 6.10. The third-order valence-corrected chi connectivity index (χ3v) is 8.35. The summed E-state index contributed by atoms with van der Waals surface area (Å²) < 4.78 is 4.30. The Morgan fingerprint density at radius 2 is 1.18 bits per heavy atom. The number of pyridine rings is 2. The first-order valence-electron chi connectivity index (χ1n) is 14.7. The summed E-state index contributed by atoms with van der Waals surface area (Å²) in [6.45, 7) is 0. The summed E-state index contributed by atoms with van der Waals surface area (Å²) in [6.07, 6.45) is 2.03. The van der Waals surface area contributed by atoms with Crippen molar-refractivity contribution in [3.05, 3.63) is 152 Å². The van der Waals surface area contributed by atoms with E-state index in [1.807, 2.05) is 42.6 Å². The van der Waals surface area contributed by atoms with Gasteiger partial charge in [-0.1, -0.05) is 103 Å². The second-order valence-corrected chi connectivity index (χ2v) is 11.0. The van der Waals surface area contributed by atoms with E-state index in [4.69, 9.17) is 15.0 Å². The lowest BCUT2D eigenvalue weighted by Gasteiger charge is -2.12. The van der Waals surface area contributed by atoms with Crippen molar-refractivity contribution in [1.82, 2.24) is 23.9 Å². The van der Waals surface area contributed by atoms with E-state index in [1.165, 1.54) is 0 Å². The van der Waals surface area contributed by atoms with Crippen molar-refractivity contribution in [1.29, 1.82) is 0 Å². The molecule has 0 aliphatic rings. The van der Waals surface area contributed by atoms with Gasteiger partial charge in [-0.15, -0.1) is 0 Å². The number of imidazole rings is 2. The van der Waals surface area contributed by atoms with Crippen LogP contribution in [0, 0.1) is 0 Å². The van der Waals surface area contributed by atoms with Crippen LogP contribution in [-0.4, -0.2) is 23.9 Å². The van der Waals surface area contributed by atoms with Gasteiger partial charge < -0.3 is 0 Å². The van der Waals surface area contributed by atoms with Gasteiger partial charge in [0.1, 0.15) is 17.0 Å². The molecule has 0 aliphatic heterocycles. The van der Waals surface area contributed by atoms with Crippen LogP contribution in [0.4, 0.5) is 0 Å². The maximum Gasteiger partial charge on any atom is 0.165 e. The fourth-order valence-electron chi connectivity index (χ4n) is 6.25. The number of para-hydroxylation sites is 3. The summed E-state index contributed by atoms with van der Waals surface area (Å²) in [5.41, 5.74) is 11.2. The normalized spacial score (nSPS) is 11.6. The molecule has 5 aromatic carbocycles. The predicted octanol–water partition coefficient (Wildman–Crippen LogP) is 9.38. The van der Waals surface area contributed by atoms with Crippen LogP contribution in [0.5, 0.6) is 0 Å². The lowest BCUT2D eigenvalue weighted by atomic mass is 9.97. The molecule has 5 heteroatoms. The van der Waals surface area contributed by atoms with Crippen LogP contribution in [0.3, 0.4) is 0 Å². The molecule has 0 N–H and O–H groups in total. The number of hydrogen-bond acceptors (Lipinski definition) is 3. The Balaban J connectivity index is 1.20. The van der Waals surface area contributed by atoms with Gasteiger partial charge in [-0.05, 0) is 53.6 Å². The molecule has 0 unspecified atom stereocenters. The van der Waals surface area contributed by atoms with Gasteiger partial charge in [-0.3, -0.25) is 8.97 Å². The third kappa shape index (κ3) is 3.83. The van der Waals surface area contributed by atoms with Gasteiger partial charge in [0.2, 0.25) is 0 Å². The van der Waals surface area contributed by atoms with Gasteiger partial charge in [-0.25, -0.2) is 15.0 Å². The Hall–Kier alpha value is -6.07. The van der Waals surface area contributed by atoms with Crippen LogP contribution >= 0.6 is 0 Å². The van der Waals surface area contributed by atoms with Crippen molar-refractivity contribution in [3.63, 3.8) is 0 Å². The quantitative estimate of drug-likeness (QED) is 0.214. The van der Waals surface area contributed by atoms with Gasteiger partial charge in [-0.2, -0.15) is 0 Å². The van der Waals surface area contributed by atoms with E-state index in [2.05, 4.69) is 118 Å². The summed E-state index contributed by atoms with van der Waals surface area (Å²) in [4.78, 5) is 15.2. The maximum atomic E-state index is 5.20. The van der Waals surface area contributed by atoms with Gasteiger partial charge in [0.05, 0.1) is 16.7 Å². The molecule has 9 rings (SSSR count). The maximum absolute atomic E-state index is 5.20. The molecule has 0 saturated carbocycles. The molecule has 4 heterocycles. The second kappa shape index (κ2) is 9.75. The molecule has 0 radical (unpaired) electrons. The Morgan fingerprint density at radius 1 is 0.477 bits per heavy atom. The van der Waals surface area contributed by atoms with E-state index >= 15 is 0 Å². The van der Waals surface area contributed by atoms with E-state index in [9.17, 15) is 0 Å². The molecule has 44 heavy (non-hydrogen) atoms. The number of rotatable bonds is 4. The average molecular weight is 564 g/mol. The topological polar surface area (TPSA) is 48.0 Å². The van der Waals surface area contributed by atoms with Gasteiger partial charge in [0.25, 0.3) is 0 Å². The third-order valence-electron chi connectivity index (χ3n) is 8.35. The summed E-state index contributed by atoms with van der Waals surface area (Å²) in [5.74, 6) is 0.923. The highest BCUT2D eigenvalue weighted by Crippen LogP contribution is 2.36. The molecule has 4 aromatic heterocycles. The van der Waals surface area contributed by atoms with Crippen molar-refractivity contribution < 1.29 is 0 Å². The van der Waals surface area contributed by atoms with E-state index in [0.29, 0.717) is 0 Å². The van der Waals surface area contributed by atoms with Crippen LogP contribution in [0.2, 0.25) is 0 Å². The van der Waals surface area contributed by atoms with Crippen molar-refractivity contribution >= 4 is 38.6 Å². The Morgan fingerprint density at radius 3 is 2.02 bits per heavy atom. The van der Waals surface area contributed by atoms with E-state index in [1.54, 1.807) is 0 Å². The highest BCUT2D eigenvalue weighted by atomic mass is 15.1. The Labute approximate surface area is 253 Å². The number of hydrogen-bond donors (Lipinski definition) is 0. The minimum absolute atomic E-state index is 0.866. The molecule has 0 saturated heterocycles. The fourth-order valence-corrected chi connectivity index (χ4v) is 6.25.